The van der Waals surface area contributed by atoms with Gasteiger partial charge in [-0.3, -0.25) is 14.7 Å². The van der Waals surface area contributed by atoms with Crippen LogP contribution in [-0.2, 0) is 11.2 Å². The molecule has 0 unspecified atom stereocenters. The first-order valence-corrected chi connectivity index (χ1v) is 11.5. The Morgan fingerprint density at radius 1 is 1.21 bits per heavy atom. The molecule has 0 aromatic carbocycles. The molecule has 182 valence electrons. The highest BCUT2D eigenvalue weighted by molar-refractivity contribution is 6.44. The summed E-state index contributed by atoms with van der Waals surface area (Å²) in [6.07, 6.45) is 1.52. The normalized spacial score (nSPS) is 12.1. The van der Waals surface area contributed by atoms with E-state index in [-0.39, 0.29) is 23.5 Å². The first-order valence-electron chi connectivity index (χ1n) is 10.6. The van der Waals surface area contributed by atoms with Gasteiger partial charge in [-0.25, -0.2) is 9.61 Å². The number of aromatic amines is 1. The summed E-state index contributed by atoms with van der Waals surface area (Å²) in [5.74, 6) is -1.97. The van der Waals surface area contributed by atoms with Crippen LogP contribution in [0.25, 0.3) is 11.1 Å². The van der Waals surface area contributed by atoms with Gasteiger partial charge in [0.05, 0.1) is 5.69 Å². The molecule has 2 amide bonds. The first-order chi connectivity index (χ1) is 16.2. The molecule has 3 heterocycles. The van der Waals surface area contributed by atoms with Crippen LogP contribution in [0.4, 0.5) is 10.2 Å². The van der Waals surface area contributed by atoms with Gasteiger partial charge in [0.25, 0.3) is 5.91 Å². The molecule has 3 aromatic rings. The number of anilines is 1. The van der Waals surface area contributed by atoms with E-state index in [1.807, 2.05) is 0 Å². The maximum atomic E-state index is 14.8. The van der Waals surface area contributed by atoms with Gasteiger partial charge in [-0.05, 0) is 56.8 Å². The van der Waals surface area contributed by atoms with Gasteiger partial charge in [0.15, 0.2) is 5.69 Å². The quantitative estimate of drug-likeness (QED) is 0.277. The molecule has 34 heavy (non-hydrogen) atoms. The second-order valence-corrected chi connectivity index (χ2v) is 8.87. The monoisotopic (exact) mass is 511 g/mol. The third kappa shape index (κ3) is 6.09. The predicted molar refractivity (Wildman–Crippen MR) is 124 cm³/mol. The third-order valence-electron chi connectivity index (χ3n) is 5.14. The number of aromatic nitrogens is 5. The minimum absolute atomic E-state index is 0.00536. The van der Waals surface area contributed by atoms with Crippen LogP contribution >= 0.6 is 23.2 Å². The molecular weight excluding hydrogens is 488 g/mol. The van der Waals surface area contributed by atoms with Gasteiger partial charge in [-0.1, -0.05) is 12.1 Å². The molecule has 0 bridgehead atoms. The molecule has 0 spiro atoms. The fraction of sp³-hybridized carbons (Fsp3) is 0.429. The molecule has 3 aromatic heterocycles. The molecule has 0 aliphatic heterocycles. The second kappa shape index (κ2) is 11.4. The zero-order chi connectivity index (χ0) is 24.8. The number of rotatable bonds is 10. The lowest BCUT2D eigenvalue weighted by molar-refractivity contribution is -0.118. The van der Waals surface area contributed by atoms with Crippen molar-refractivity contribution in [2.45, 2.75) is 57.3 Å². The molecule has 0 fully saturated rings. The number of hydrogen-bond donors (Lipinski definition) is 3. The number of nitrogens with zero attached hydrogens (tertiary/aromatic N) is 4. The van der Waals surface area contributed by atoms with E-state index in [4.69, 9.17) is 23.2 Å². The number of hydrogen-bond acceptors (Lipinski definition) is 7. The smallest absolute Gasteiger partial charge is 0.276 e. The first kappa shape index (κ1) is 25.6. The van der Waals surface area contributed by atoms with Crippen LogP contribution in [0.15, 0.2) is 16.8 Å². The number of halogens is 3. The highest BCUT2D eigenvalue weighted by Gasteiger charge is 2.26. The SMILES string of the molecule is CCc1nonc1C(=O)N[C@@H](CCCC(Cl)Cl)C(=O)Nc1ccc(-c2c(C)n[nH]c2C)c(F)n1. The van der Waals surface area contributed by atoms with Crippen molar-refractivity contribution in [1.82, 2.24) is 30.8 Å². The van der Waals surface area contributed by atoms with Crippen LogP contribution in [-0.4, -0.2) is 48.2 Å². The lowest BCUT2D eigenvalue weighted by Crippen LogP contribution is -2.44. The van der Waals surface area contributed by atoms with Crippen molar-refractivity contribution >= 4 is 40.8 Å². The van der Waals surface area contributed by atoms with E-state index >= 15 is 0 Å². The number of pyridine rings is 1. The Morgan fingerprint density at radius 2 is 1.97 bits per heavy atom. The van der Waals surface area contributed by atoms with Gasteiger partial charge >= 0.3 is 0 Å². The molecule has 3 rings (SSSR count). The molecule has 0 aliphatic rings. The summed E-state index contributed by atoms with van der Waals surface area (Å²) in [6, 6.07) is 2.01. The molecule has 0 saturated heterocycles. The molecule has 3 N–H and O–H groups in total. The molecule has 10 nitrogen and oxygen atoms in total. The number of aryl methyl sites for hydroxylation is 3. The average Bonchev–Trinajstić information content (AvgIpc) is 3.39. The van der Waals surface area contributed by atoms with Crippen molar-refractivity contribution in [3.8, 4) is 11.1 Å². The van der Waals surface area contributed by atoms with Gasteiger partial charge in [-0.2, -0.15) is 9.49 Å². The lowest BCUT2D eigenvalue weighted by Gasteiger charge is -2.18. The summed E-state index contributed by atoms with van der Waals surface area (Å²) in [5.41, 5.74) is 2.55. The van der Waals surface area contributed by atoms with Gasteiger partial charge in [-0.15, -0.1) is 23.2 Å². The number of carbonyl (C=O) groups excluding carboxylic acids is 2. The summed E-state index contributed by atoms with van der Waals surface area (Å²) < 4.78 is 19.4. The molecule has 13 heteroatoms. The van der Waals surface area contributed by atoms with Crippen molar-refractivity contribution in [2.24, 2.45) is 0 Å². The maximum Gasteiger partial charge on any atom is 0.276 e. The van der Waals surface area contributed by atoms with Crippen LogP contribution < -0.4 is 10.6 Å². The predicted octanol–water partition coefficient (Wildman–Crippen LogP) is 3.88. The van der Waals surface area contributed by atoms with Gasteiger partial charge in [0.1, 0.15) is 22.4 Å². The zero-order valence-corrected chi connectivity index (χ0v) is 20.3. The highest BCUT2D eigenvalue weighted by atomic mass is 35.5. The minimum atomic E-state index is -0.983. The Kier molecular flexibility index (Phi) is 8.56. The summed E-state index contributed by atoms with van der Waals surface area (Å²) in [5, 5.41) is 19.3. The highest BCUT2D eigenvalue weighted by Crippen LogP contribution is 2.28. The average molecular weight is 512 g/mol. The van der Waals surface area contributed by atoms with Crippen LogP contribution in [0.2, 0.25) is 0 Å². The third-order valence-corrected chi connectivity index (χ3v) is 5.58. The number of amides is 2. The fourth-order valence-electron chi connectivity index (χ4n) is 3.43. The summed E-state index contributed by atoms with van der Waals surface area (Å²) in [4.78, 5) is 28.9. The van der Waals surface area contributed by atoms with Crippen molar-refractivity contribution in [3.05, 3.63) is 40.9 Å². The van der Waals surface area contributed by atoms with E-state index in [1.165, 1.54) is 12.1 Å². The van der Waals surface area contributed by atoms with Gasteiger partial charge in [0, 0.05) is 16.8 Å². The lowest BCUT2D eigenvalue weighted by atomic mass is 10.1. The van der Waals surface area contributed by atoms with Crippen LogP contribution in [0, 0.1) is 19.8 Å². The Bertz CT molecular complexity index is 1150. The van der Waals surface area contributed by atoms with E-state index in [0.717, 1.165) is 0 Å². The Labute approximate surface area is 205 Å². The standard InChI is InChI=1S/C21H24Cl2FN7O3/c1-4-13-18(31-34-30-13)21(33)25-14(6-5-7-15(22)23)20(32)27-16-9-8-12(19(24)26-16)17-10(2)28-29-11(17)3/h8-9,14-15H,4-7H2,1-3H3,(H,25,33)(H,28,29)(H,26,27,32)/t14-/m0/s1. The minimum Gasteiger partial charge on any atom is -0.339 e. The van der Waals surface area contributed by atoms with Crippen LogP contribution in [0.3, 0.4) is 0 Å². The van der Waals surface area contributed by atoms with Gasteiger partial charge in [0.2, 0.25) is 11.9 Å². The van der Waals surface area contributed by atoms with E-state index in [2.05, 4.69) is 40.8 Å². The molecular formula is C21H24Cl2FN7O3. The van der Waals surface area contributed by atoms with E-state index < -0.39 is 28.6 Å². The van der Waals surface area contributed by atoms with Crippen molar-refractivity contribution in [1.29, 1.82) is 0 Å². The van der Waals surface area contributed by atoms with E-state index in [9.17, 15) is 14.0 Å². The van der Waals surface area contributed by atoms with E-state index in [1.54, 1.807) is 20.8 Å². The van der Waals surface area contributed by atoms with Gasteiger partial charge < -0.3 is 10.6 Å². The summed E-state index contributed by atoms with van der Waals surface area (Å²) in [6.45, 7) is 5.32. The van der Waals surface area contributed by atoms with Crippen LogP contribution in [0.1, 0.15) is 53.8 Å². The summed E-state index contributed by atoms with van der Waals surface area (Å²) in [7, 11) is 0. The zero-order valence-electron chi connectivity index (χ0n) is 18.8. The Hall–Kier alpha value is -3.05. The van der Waals surface area contributed by atoms with Crippen molar-refractivity contribution in [2.75, 3.05) is 5.32 Å². The molecule has 1 atom stereocenters. The number of H-pyrrole nitrogens is 1. The van der Waals surface area contributed by atoms with Crippen LogP contribution in [0.5, 0.6) is 0 Å². The summed E-state index contributed by atoms with van der Waals surface area (Å²) >= 11 is 11.6. The molecule has 0 aliphatic carbocycles. The Morgan fingerprint density at radius 3 is 2.59 bits per heavy atom. The second-order valence-electron chi connectivity index (χ2n) is 7.59. The maximum absolute atomic E-state index is 14.8. The largest absolute Gasteiger partial charge is 0.339 e. The van der Waals surface area contributed by atoms with Crippen molar-refractivity contribution in [3.63, 3.8) is 0 Å². The number of alkyl halides is 2. The van der Waals surface area contributed by atoms with E-state index in [0.29, 0.717) is 41.9 Å². The topological polar surface area (TPSA) is 139 Å². The fourth-order valence-corrected chi connectivity index (χ4v) is 3.74. The number of carbonyl (C=O) groups is 2. The van der Waals surface area contributed by atoms with Crippen molar-refractivity contribution < 1.29 is 18.6 Å². The molecule has 0 radical (unpaired) electrons. The number of nitrogens with one attached hydrogen (secondary N) is 3. The Balaban J connectivity index is 1.76. The molecule has 0 saturated carbocycles.